The number of benzene rings is 1. The fourth-order valence-electron chi connectivity index (χ4n) is 2.15. The number of aromatic nitrogens is 2. The maximum Gasteiger partial charge on any atom is 0.147 e. The molecule has 0 N–H and O–H groups in total. The molecular formula is C13H10ClFN4. The van der Waals surface area contributed by atoms with Crippen LogP contribution in [0.4, 0.5) is 4.39 Å². The van der Waals surface area contributed by atoms with Gasteiger partial charge in [-0.2, -0.15) is 10.2 Å². The summed E-state index contributed by atoms with van der Waals surface area (Å²) >= 11 is 5.85. The molecule has 0 radical (unpaired) electrons. The Morgan fingerprint density at radius 3 is 2.68 bits per heavy atom. The highest BCUT2D eigenvalue weighted by molar-refractivity contribution is 6.29. The van der Waals surface area contributed by atoms with Gasteiger partial charge in [0.1, 0.15) is 17.0 Å². The molecule has 0 aliphatic carbocycles. The Balaban J connectivity index is 1.93. The fraction of sp³-hybridized carbons (Fsp3) is 0.231. The lowest BCUT2D eigenvalue weighted by Crippen LogP contribution is -2.10. The first-order valence-corrected chi connectivity index (χ1v) is 6.21. The van der Waals surface area contributed by atoms with E-state index in [4.69, 9.17) is 11.6 Å². The van der Waals surface area contributed by atoms with Gasteiger partial charge in [-0.25, -0.2) is 9.37 Å². The maximum atomic E-state index is 13.0. The molecule has 2 heterocycles. The van der Waals surface area contributed by atoms with Crippen LogP contribution in [0.25, 0.3) is 0 Å². The Morgan fingerprint density at radius 2 is 1.95 bits per heavy atom. The molecular weight excluding hydrogens is 267 g/mol. The molecule has 1 aliphatic heterocycles. The van der Waals surface area contributed by atoms with E-state index < -0.39 is 0 Å². The van der Waals surface area contributed by atoms with E-state index in [-0.39, 0.29) is 17.8 Å². The third-order valence-corrected chi connectivity index (χ3v) is 3.26. The molecule has 0 saturated carbocycles. The van der Waals surface area contributed by atoms with Crippen molar-refractivity contribution in [3.8, 4) is 0 Å². The molecule has 2 unspecified atom stereocenters. The van der Waals surface area contributed by atoms with E-state index in [1.165, 1.54) is 18.3 Å². The average Bonchev–Trinajstić information content (AvgIpc) is 2.89. The number of hydrogen-bond donors (Lipinski definition) is 0. The molecule has 2 aromatic rings. The minimum Gasteiger partial charge on any atom is -0.260 e. The third kappa shape index (κ3) is 2.46. The summed E-state index contributed by atoms with van der Waals surface area (Å²) in [6.07, 6.45) is 3.16. The zero-order chi connectivity index (χ0) is 13.2. The van der Waals surface area contributed by atoms with Crippen LogP contribution in [0.5, 0.6) is 0 Å². The standard InChI is InChI=1S/C13H10ClFN4/c14-12-7-16-6-11(18-12)10-5-17-19-13(10)8-1-3-9(15)4-2-8/h1-4,6-7,10,13H,5H2. The molecule has 6 heteroatoms. The Bertz CT molecular complexity index is 614. The molecule has 96 valence electrons. The molecule has 19 heavy (non-hydrogen) atoms. The van der Waals surface area contributed by atoms with Crippen molar-refractivity contribution in [1.29, 1.82) is 0 Å². The fourth-order valence-corrected chi connectivity index (χ4v) is 2.31. The van der Waals surface area contributed by atoms with Gasteiger partial charge in [-0.3, -0.25) is 4.98 Å². The molecule has 1 aromatic carbocycles. The van der Waals surface area contributed by atoms with E-state index in [2.05, 4.69) is 20.2 Å². The van der Waals surface area contributed by atoms with Gasteiger partial charge in [0.25, 0.3) is 0 Å². The number of halogens is 2. The summed E-state index contributed by atoms with van der Waals surface area (Å²) in [5, 5.41) is 8.64. The van der Waals surface area contributed by atoms with Crippen molar-refractivity contribution in [3.63, 3.8) is 0 Å². The lowest BCUT2D eigenvalue weighted by Gasteiger charge is -2.15. The van der Waals surface area contributed by atoms with Crippen molar-refractivity contribution in [3.05, 3.63) is 58.9 Å². The zero-order valence-corrected chi connectivity index (χ0v) is 10.6. The molecule has 1 aromatic heterocycles. The van der Waals surface area contributed by atoms with Gasteiger partial charge >= 0.3 is 0 Å². The summed E-state index contributed by atoms with van der Waals surface area (Å²) in [5.41, 5.74) is 1.67. The molecule has 0 fully saturated rings. The summed E-state index contributed by atoms with van der Waals surface area (Å²) in [6, 6.07) is 6.12. The number of hydrogen-bond acceptors (Lipinski definition) is 4. The van der Waals surface area contributed by atoms with Gasteiger partial charge in [-0.05, 0) is 17.7 Å². The molecule has 4 nitrogen and oxygen atoms in total. The van der Waals surface area contributed by atoms with Crippen LogP contribution in [0, 0.1) is 5.82 Å². The normalized spacial score (nSPS) is 21.8. The van der Waals surface area contributed by atoms with E-state index in [9.17, 15) is 4.39 Å². The molecule has 1 aliphatic rings. The highest BCUT2D eigenvalue weighted by atomic mass is 35.5. The summed E-state index contributed by atoms with van der Waals surface area (Å²) in [5.74, 6) is -0.269. The maximum absolute atomic E-state index is 13.0. The summed E-state index contributed by atoms with van der Waals surface area (Å²) in [6.45, 7) is 0.539. The number of nitrogens with zero attached hydrogens (tertiary/aromatic N) is 4. The van der Waals surface area contributed by atoms with Crippen molar-refractivity contribution in [2.45, 2.75) is 12.0 Å². The first-order chi connectivity index (χ1) is 9.24. The highest BCUT2D eigenvalue weighted by Crippen LogP contribution is 2.38. The zero-order valence-electron chi connectivity index (χ0n) is 9.87. The third-order valence-electron chi connectivity index (χ3n) is 3.08. The van der Waals surface area contributed by atoms with Crippen LogP contribution in [0.2, 0.25) is 5.15 Å². The first-order valence-electron chi connectivity index (χ1n) is 5.83. The second-order valence-corrected chi connectivity index (χ2v) is 4.70. The summed E-state index contributed by atoms with van der Waals surface area (Å²) < 4.78 is 13.0. The predicted molar refractivity (Wildman–Crippen MR) is 68.6 cm³/mol. The van der Waals surface area contributed by atoms with E-state index in [1.807, 2.05) is 0 Å². The van der Waals surface area contributed by atoms with Crippen LogP contribution in [0.15, 0.2) is 46.9 Å². The van der Waals surface area contributed by atoms with Crippen molar-refractivity contribution in [2.75, 3.05) is 6.54 Å². The van der Waals surface area contributed by atoms with Crippen molar-refractivity contribution in [1.82, 2.24) is 9.97 Å². The number of rotatable bonds is 2. The molecule has 0 saturated heterocycles. The van der Waals surface area contributed by atoms with Crippen LogP contribution in [0.1, 0.15) is 23.2 Å². The molecule has 0 amide bonds. The van der Waals surface area contributed by atoms with Gasteiger partial charge in [0.05, 0.1) is 24.4 Å². The van der Waals surface area contributed by atoms with Crippen molar-refractivity contribution < 1.29 is 4.39 Å². The van der Waals surface area contributed by atoms with E-state index in [1.54, 1.807) is 18.3 Å². The Morgan fingerprint density at radius 1 is 1.16 bits per heavy atom. The second kappa shape index (κ2) is 5.01. The van der Waals surface area contributed by atoms with Crippen LogP contribution >= 0.6 is 11.6 Å². The molecule has 2 atom stereocenters. The largest absolute Gasteiger partial charge is 0.260 e. The van der Waals surface area contributed by atoms with Crippen LogP contribution in [-0.4, -0.2) is 16.5 Å². The van der Waals surface area contributed by atoms with Gasteiger partial charge in [-0.15, -0.1) is 0 Å². The van der Waals surface area contributed by atoms with Crippen molar-refractivity contribution >= 4 is 11.6 Å². The van der Waals surface area contributed by atoms with Gasteiger partial charge < -0.3 is 0 Å². The molecule has 0 bridgehead atoms. The smallest absolute Gasteiger partial charge is 0.147 e. The number of azo groups is 1. The summed E-state index contributed by atoms with van der Waals surface area (Å²) in [7, 11) is 0. The van der Waals surface area contributed by atoms with Crippen molar-refractivity contribution in [2.24, 2.45) is 10.2 Å². The van der Waals surface area contributed by atoms with Gasteiger partial charge in [-0.1, -0.05) is 23.7 Å². The lowest BCUT2D eigenvalue weighted by molar-refractivity contribution is 0.605. The Hall–Kier alpha value is -1.88. The second-order valence-electron chi connectivity index (χ2n) is 4.31. The van der Waals surface area contributed by atoms with Gasteiger partial charge in [0, 0.05) is 6.20 Å². The lowest BCUT2D eigenvalue weighted by atomic mass is 9.92. The van der Waals surface area contributed by atoms with Crippen LogP contribution in [-0.2, 0) is 0 Å². The van der Waals surface area contributed by atoms with Gasteiger partial charge in [0.15, 0.2) is 0 Å². The average molecular weight is 277 g/mol. The minimum absolute atomic E-state index is 0.00309. The molecule has 0 spiro atoms. The van der Waals surface area contributed by atoms with Gasteiger partial charge in [0.2, 0.25) is 0 Å². The molecule has 3 rings (SSSR count). The summed E-state index contributed by atoms with van der Waals surface area (Å²) in [4.78, 5) is 8.29. The van der Waals surface area contributed by atoms with E-state index in [0.29, 0.717) is 11.7 Å². The van der Waals surface area contributed by atoms with Crippen LogP contribution in [0.3, 0.4) is 0 Å². The van der Waals surface area contributed by atoms with E-state index >= 15 is 0 Å². The Labute approximate surface area is 114 Å². The highest BCUT2D eigenvalue weighted by Gasteiger charge is 2.30. The Kier molecular flexibility index (Phi) is 3.21. The SMILES string of the molecule is Fc1ccc(C2N=NCC2c2cncc(Cl)n2)cc1. The minimum atomic E-state index is -0.266. The van der Waals surface area contributed by atoms with Crippen LogP contribution < -0.4 is 0 Å². The van der Waals surface area contributed by atoms with E-state index in [0.717, 1.165) is 11.3 Å². The first kappa shape index (κ1) is 12.2. The topological polar surface area (TPSA) is 50.5 Å². The monoisotopic (exact) mass is 276 g/mol. The quantitative estimate of drug-likeness (QED) is 0.842. The predicted octanol–water partition coefficient (Wildman–Crippen LogP) is 3.56.